The molecule has 0 aliphatic heterocycles. The van der Waals surface area contributed by atoms with Gasteiger partial charge in [-0.15, -0.1) is 0 Å². The summed E-state index contributed by atoms with van der Waals surface area (Å²) in [6, 6.07) is 15.4. The predicted molar refractivity (Wildman–Crippen MR) is 119 cm³/mol. The Labute approximate surface area is 176 Å². The summed E-state index contributed by atoms with van der Waals surface area (Å²) in [4.78, 5) is 28.1. The number of para-hydroxylation sites is 1. The molecule has 2 amide bonds. The van der Waals surface area contributed by atoms with E-state index >= 15 is 0 Å². The topological polar surface area (TPSA) is 83.2 Å². The van der Waals surface area contributed by atoms with Gasteiger partial charge in [-0.1, -0.05) is 30.3 Å². The number of amides is 2. The van der Waals surface area contributed by atoms with Gasteiger partial charge in [0.05, 0.1) is 7.11 Å². The number of fused-ring (bicyclic) bond motifs is 1. The molecule has 30 heavy (non-hydrogen) atoms. The van der Waals surface area contributed by atoms with E-state index in [0.717, 1.165) is 22.0 Å². The van der Waals surface area contributed by atoms with E-state index in [1.165, 1.54) is 6.08 Å². The molecule has 0 fully saturated rings. The Morgan fingerprint density at radius 1 is 1.13 bits per heavy atom. The van der Waals surface area contributed by atoms with Gasteiger partial charge in [-0.05, 0) is 55.7 Å². The second-order valence-corrected chi connectivity index (χ2v) is 7.59. The number of aromatic nitrogens is 1. The normalized spacial score (nSPS) is 11.6. The van der Waals surface area contributed by atoms with Crippen LogP contribution in [0.5, 0.6) is 5.75 Å². The molecule has 156 valence electrons. The van der Waals surface area contributed by atoms with E-state index in [1.54, 1.807) is 27.0 Å². The summed E-state index contributed by atoms with van der Waals surface area (Å²) in [7, 11) is 1.59. The molecule has 0 atom stereocenters. The molecule has 0 spiro atoms. The van der Waals surface area contributed by atoms with Gasteiger partial charge in [-0.2, -0.15) is 0 Å². The maximum Gasteiger partial charge on any atom is 0.245 e. The van der Waals surface area contributed by atoms with Crippen molar-refractivity contribution in [2.45, 2.75) is 25.8 Å². The number of aromatic amines is 1. The minimum atomic E-state index is -1.03. The van der Waals surface area contributed by atoms with Gasteiger partial charge in [-0.3, -0.25) is 9.59 Å². The van der Waals surface area contributed by atoms with E-state index in [2.05, 4.69) is 21.7 Å². The lowest BCUT2D eigenvalue weighted by Crippen LogP contribution is -2.54. The van der Waals surface area contributed by atoms with Gasteiger partial charge >= 0.3 is 0 Å². The van der Waals surface area contributed by atoms with Crippen molar-refractivity contribution in [1.29, 1.82) is 0 Å². The maximum atomic E-state index is 12.6. The van der Waals surface area contributed by atoms with Crippen molar-refractivity contribution < 1.29 is 14.3 Å². The molecule has 6 nitrogen and oxygen atoms in total. The summed E-state index contributed by atoms with van der Waals surface area (Å²) < 4.78 is 5.17. The first-order valence-electron chi connectivity index (χ1n) is 9.86. The smallest absolute Gasteiger partial charge is 0.245 e. The standard InChI is InChI=1S/C24H27N3O3/c1-24(2,27-22(28)12-11-17-7-6-8-19(15-17)30-3)23(29)25-14-13-18-16-26-21-10-5-4-9-20(18)21/h4-12,15-16,26H,13-14H2,1-3H3,(H,25,29)(H,27,28)/b12-11+. The van der Waals surface area contributed by atoms with Crippen molar-refractivity contribution in [3.05, 3.63) is 71.9 Å². The van der Waals surface area contributed by atoms with Gasteiger partial charge in [0.25, 0.3) is 0 Å². The van der Waals surface area contributed by atoms with E-state index in [0.29, 0.717) is 18.7 Å². The molecule has 0 aliphatic rings. The summed E-state index contributed by atoms with van der Waals surface area (Å²) in [6.07, 6.45) is 5.77. The molecular formula is C24H27N3O3. The molecule has 0 unspecified atom stereocenters. The lowest BCUT2D eigenvalue weighted by molar-refractivity contribution is -0.130. The molecule has 1 heterocycles. The molecule has 0 saturated carbocycles. The van der Waals surface area contributed by atoms with E-state index in [9.17, 15) is 9.59 Å². The molecule has 3 rings (SSSR count). The Hall–Kier alpha value is -3.54. The fourth-order valence-electron chi connectivity index (χ4n) is 3.19. The van der Waals surface area contributed by atoms with E-state index in [-0.39, 0.29) is 11.8 Å². The highest BCUT2D eigenvalue weighted by Crippen LogP contribution is 2.18. The highest BCUT2D eigenvalue weighted by molar-refractivity contribution is 5.97. The van der Waals surface area contributed by atoms with Crippen molar-refractivity contribution in [2.75, 3.05) is 13.7 Å². The van der Waals surface area contributed by atoms with Crippen LogP contribution in [0.4, 0.5) is 0 Å². The van der Waals surface area contributed by atoms with Crippen LogP contribution in [-0.2, 0) is 16.0 Å². The summed E-state index contributed by atoms with van der Waals surface area (Å²) in [6.45, 7) is 3.86. The first-order chi connectivity index (χ1) is 14.4. The third-order valence-electron chi connectivity index (χ3n) is 4.88. The number of methoxy groups -OCH3 is 1. The quantitative estimate of drug-likeness (QED) is 0.502. The summed E-state index contributed by atoms with van der Waals surface area (Å²) in [5.74, 6) is 0.146. The summed E-state index contributed by atoms with van der Waals surface area (Å²) >= 11 is 0. The molecule has 3 aromatic rings. The largest absolute Gasteiger partial charge is 0.497 e. The van der Waals surface area contributed by atoms with E-state index < -0.39 is 5.54 Å². The number of nitrogens with one attached hydrogen (secondary N) is 3. The van der Waals surface area contributed by atoms with Gasteiger partial charge in [0.15, 0.2) is 0 Å². The Bertz CT molecular complexity index is 1070. The number of H-pyrrole nitrogens is 1. The molecule has 0 aliphatic carbocycles. The zero-order valence-electron chi connectivity index (χ0n) is 17.5. The summed E-state index contributed by atoms with van der Waals surface area (Å²) in [5.41, 5.74) is 2.03. The third kappa shape index (κ3) is 5.29. The van der Waals surface area contributed by atoms with Crippen LogP contribution in [0.1, 0.15) is 25.0 Å². The number of hydrogen-bond donors (Lipinski definition) is 3. The van der Waals surface area contributed by atoms with Crippen molar-refractivity contribution in [2.24, 2.45) is 0 Å². The fraction of sp³-hybridized carbons (Fsp3) is 0.250. The molecule has 6 heteroatoms. The number of rotatable bonds is 8. The molecular weight excluding hydrogens is 378 g/mol. The monoisotopic (exact) mass is 405 g/mol. The lowest BCUT2D eigenvalue weighted by Gasteiger charge is -2.24. The number of benzene rings is 2. The highest BCUT2D eigenvalue weighted by atomic mass is 16.5. The molecule has 0 saturated heterocycles. The number of hydrogen-bond acceptors (Lipinski definition) is 3. The second-order valence-electron chi connectivity index (χ2n) is 7.59. The maximum absolute atomic E-state index is 12.6. The van der Waals surface area contributed by atoms with Crippen LogP contribution in [0, 0.1) is 0 Å². The minimum Gasteiger partial charge on any atom is -0.497 e. The molecule has 0 bridgehead atoms. The average Bonchev–Trinajstić information content (AvgIpc) is 3.15. The predicted octanol–water partition coefficient (Wildman–Crippen LogP) is 3.44. The van der Waals surface area contributed by atoms with Gasteiger partial charge in [-0.25, -0.2) is 0 Å². The molecule has 3 N–H and O–H groups in total. The first kappa shape index (κ1) is 21.2. The Morgan fingerprint density at radius 3 is 2.73 bits per heavy atom. The lowest BCUT2D eigenvalue weighted by atomic mass is 10.0. The van der Waals surface area contributed by atoms with E-state index in [1.807, 2.05) is 48.7 Å². The van der Waals surface area contributed by atoms with Crippen molar-refractivity contribution in [3.63, 3.8) is 0 Å². The van der Waals surface area contributed by atoms with Crippen LogP contribution < -0.4 is 15.4 Å². The minimum absolute atomic E-state index is 0.231. The second kappa shape index (κ2) is 9.31. The van der Waals surface area contributed by atoms with Crippen LogP contribution in [0.3, 0.4) is 0 Å². The molecule has 2 aromatic carbocycles. The van der Waals surface area contributed by atoms with Gasteiger partial charge < -0.3 is 20.4 Å². The van der Waals surface area contributed by atoms with Gasteiger partial charge in [0, 0.05) is 29.7 Å². The Morgan fingerprint density at radius 2 is 1.93 bits per heavy atom. The van der Waals surface area contributed by atoms with Crippen LogP contribution >= 0.6 is 0 Å². The Kier molecular flexibility index (Phi) is 6.57. The van der Waals surface area contributed by atoms with Crippen LogP contribution in [-0.4, -0.2) is 36.0 Å². The Balaban J connectivity index is 1.51. The number of ether oxygens (including phenoxy) is 1. The third-order valence-corrected chi connectivity index (χ3v) is 4.88. The van der Waals surface area contributed by atoms with Crippen LogP contribution in [0.15, 0.2) is 60.8 Å². The SMILES string of the molecule is COc1cccc(/C=C/C(=O)NC(C)(C)C(=O)NCCc2c[nH]c3ccccc23)c1. The van der Waals surface area contributed by atoms with Gasteiger partial charge in [0.1, 0.15) is 11.3 Å². The van der Waals surface area contributed by atoms with Crippen molar-refractivity contribution in [1.82, 2.24) is 15.6 Å². The van der Waals surface area contributed by atoms with Crippen LogP contribution in [0.2, 0.25) is 0 Å². The highest BCUT2D eigenvalue weighted by Gasteiger charge is 2.28. The average molecular weight is 405 g/mol. The zero-order chi connectivity index (χ0) is 21.6. The molecule has 1 aromatic heterocycles. The zero-order valence-corrected chi connectivity index (χ0v) is 17.5. The first-order valence-corrected chi connectivity index (χ1v) is 9.86. The van der Waals surface area contributed by atoms with E-state index in [4.69, 9.17) is 4.74 Å². The fourth-order valence-corrected chi connectivity index (χ4v) is 3.19. The van der Waals surface area contributed by atoms with Crippen molar-refractivity contribution >= 4 is 28.8 Å². The number of carbonyl (C=O) groups excluding carboxylic acids is 2. The van der Waals surface area contributed by atoms with Gasteiger partial charge in [0.2, 0.25) is 11.8 Å². The summed E-state index contributed by atoms with van der Waals surface area (Å²) in [5, 5.41) is 6.82. The molecule has 0 radical (unpaired) electrons. The number of carbonyl (C=O) groups is 2. The van der Waals surface area contributed by atoms with Crippen LogP contribution in [0.25, 0.3) is 17.0 Å². The van der Waals surface area contributed by atoms with Crippen molar-refractivity contribution in [3.8, 4) is 5.75 Å².